The number of carbonyl (C=O) groups is 1. The van der Waals surface area contributed by atoms with Crippen LogP contribution in [0.3, 0.4) is 0 Å². The fourth-order valence-electron chi connectivity index (χ4n) is 3.72. The molecule has 3 N–H and O–H groups in total. The highest BCUT2D eigenvalue weighted by Gasteiger charge is 2.34. The van der Waals surface area contributed by atoms with E-state index in [9.17, 15) is 9.90 Å². The van der Waals surface area contributed by atoms with Crippen molar-refractivity contribution in [3.05, 3.63) is 35.4 Å². The number of carbonyl (C=O) groups excluding carboxylic acids is 1. The number of aryl methyl sites for hydroxylation is 1. The Balaban J connectivity index is 1.46. The number of hydrogen-bond donors (Lipinski definition) is 3. The van der Waals surface area contributed by atoms with Gasteiger partial charge in [0.15, 0.2) is 0 Å². The average Bonchev–Trinajstić information content (AvgIpc) is 3.42. The molecule has 1 fully saturated rings. The Kier molecular flexibility index (Phi) is 5.41. The lowest BCUT2D eigenvalue weighted by atomic mass is 9.79. The number of rotatable bonds is 7. The van der Waals surface area contributed by atoms with Crippen LogP contribution < -0.4 is 10.6 Å². The van der Waals surface area contributed by atoms with E-state index in [1.807, 2.05) is 18.2 Å². The summed E-state index contributed by atoms with van der Waals surface area (Å²) in [6.07, 6.45) is 5.21. The summed E-state index contributed by atoms with van der Waals surface area (Å²) in [6.45, 7) is 4.99. The minimum atomic E-state index is -0.949. The van der Waals surface area contributed by atoms with Gasteiger partial charge in [-0.25, -0.2) is 4.79 Å². The molecule has 1 atom stereocenters. The standard InChI is InChI=1S/C19H29N3O2/c1-2-22(16-9-10-16)13-12-20-18(23)21-14-19(24)11-5-7-15-6-3-4-8-17(15)19/h3-4,6,8,16,24H,2,5,7,9-14H2,1H3,(H2,20,21,23). The van der Waals surface area contributed by atoms with E-state index in [1.165, 1.54) is 18.4 Å². The first-order valence-corrected chi connectivity index (χ1v) is 9.19. The Labute approximate surface area is 144 Å². The lowest BCUT2D eigenvalue weighted by Crippen LogP contribution is -2.47. The lowest BCUT2D eigenvalue weighted by Gasteiger charge is -2.34. The topological polar surface area (TPSA) is 64.6 Å². The zero-order valence-corrected chi connectivity index (χ0v) is 14.6. The van der Waals surface area contributed by atoms with Gasteiger partial charge in [0.1, 0.15) is 5.60 Å². The van der Waals surface area contributed by atoms with E-state index in [4.69, 9.17) is 0 Å². The molecule has 5 nitrogen and oxygen atoms in total. The van der Waals surface area contributed by atoms with E-state index in [0.717, 1.165) is 37.5 Å². The molecule has 2 amide bonds. The van der Waals surface area contributed by atoms with Crippen LogP contribution in [0.4, 0.5) is 4.79 Å². The second kappa shape index (κ2) is 7.53. The van der Waals surface area contributed by atoms with Gasteiger partial charge in [-0.05, 0) is 49.8 Å². The minimum absolute atomic E-state index is 0.196. The van der Waals surface area contributed by atoms with Crippen LogP contribution in [-0.2, 0) is 12.0 Å². The van der Waals surface area contributed by atoms with E-state index in [-0.39, 0.29) is 12.6 Å². The Morgan fingerprint density at radius 3 is 2.88 bits per heavy atom. The zero-order chi connectivity index (χ0) is 17.0. The Bertz CT molecular complexity index is 573. The Hall–Kier alpha value is -1.59. The first kappa shape index (κ1) is 17.2. The van der Waals surface area contributed by atoms with Gasteiger partial charge in [0.25, 0.3) is 0 Å². The first-order chi connectivity index (χ1) is 11.6. The van der Waals surface area contributed by atoms with Crippen molar-refractivity contribution in [1.82, 2.24) is 15.5 Å². The summed E-state index contributed by atoms with van der Waals surface area (Å²) in [5, 5.41) is 16.7. The monoisotopic (exact) mass is 331 g/mol. The number of benzene rings is 1. The van der Waals surface area contributed by atoms with E-state index < -0.39 is 5.60 Å². The number of fused-ring (bicyclic) bond motifs is 1. The minimum Gasteiger partial charge on any atom is -0.383 e. The summed E-state index contributed by atoms with van der Waals surface area (Å²) in [4.78, 5) is 14.5. The maximum atomic E-state index is 12.0. The van der Waals surface area contributed by atoms with Crippen LogP contribution in [0.25, 0.3) is 0 Å². The van der Waals surface area contributed by atoms with Crippen LogP contribution in [0.2, 0.25) is 0 Å². The van der Waals surface area contributed by atoms with E-state index in [1.54, 1.807) is 0 Å². The van der Waals surface area contributed by atoms with Gasteiger partial charge >= 0.3 is 6.03 Å². The van der Waals surface area contributed by atoms with Gasteiger partial charge < -0.3 is 15.7 Å². The summed E-state index contributed by atoms with van der Waals surface area (Å²) < 4.78 is 0. The molecule has 0 heterocycles. The second-order valence-corrected chi connectivity index (χ2v) is 7.01. The van der Waals surface area contributed by atoms with Gasteiger partial charge in [0.2, 0.25) is 0 Å². The highest BCUT2D eigenvalue weighted by atomic mass is 16.3. The second-order valence-electron chi connectivity index (χ2n) is 7.01. The third kappa shape index (κ3) is 4.08. The molecule has 132 valence electrons. The predicted octanol–water partition coefficient (Wildman–Crippen LogP) is 1.99. The van der Waals surface area contributed by atoms with Crippen LogP contribution >= 0.6 is 0 Å². The molecule has 2 aliphatic rings. The number of urea groups is 1. The number of nitrogens with zero attached hydrogens (tertiary/aromatic N) is 1. The zero-order valence-electron chi connectivity index (χ0n) is 14.6. The van der Waals surface area contributed by atoms with Crippen molar-refractivity contribution in [2.24, 2.45) is 0 Å². The molecule has 24 heavy (non-hydrogen) atoms. The fourth-order valence-corrected chi connectivity index (χ4v) is 3.72. The highest BCUT2D eigenvalue weighted by Crippen LogP contribution is 2.34. The number of nitrogens with one attached hydrogen (secondary N) is 2. The van der Waals surface area contributed by atoms with Gasteiger partial charge in [-0.2, -0.15) is 0 Å². The van der Waals surface area contributed by atoms with Crippen LogP contribution in [0.1, 0.15) is 43.7 Å². The maximum Gasteiger partial charge on any atom is 0.314 e. The van der Waals surface area contributed by atoms with Gasteiger partial charge in [0, 0.05) is 19.1 Å². The number of aliphatic hydroxyl groups is 1. The van der Waals surface area contributed by atoms with E-state index in [2.05, 4.69) is 28.5 Å². The Morgan fingerprint density at radius 2 is 2.12 bits per heavy atom. The van der Waals surface area contributed by atoms with Gasteiger partial charge in [-0.15, -0.1) is 0 Å². The number of likely N-dealkylation sites (N-methyl/N-ethyl adjacent to an activating group) is 1. The smallest absolute Gasteiger partial charge is 0.314 e. The van der Waals surface area contributed by atoms with Crippen LogP contribution in [-0.4, -0.2) is 48.3 Å². The van der Waals surface area contributed by atoms with Crippen molar-refractivity contribution in [3.8, 4) is 0 Å². The van der Waals surface area contributed by atoms with Crippen LogP contribution in [0.5, 0.6) is 0 Å². The summed E-state index contributed by atoms with van der Waals surface area (Å²) >= 11 is 0. The third-order valence-corrected chi connectivity index (χ3v) is 5.25. The van der Waals surface area contributed by atoms with E-state index >= 15 is 0 Å². The van der Waals surface area contributed by atoms with Crippen molar-refractivity contribution in [2.75, 3.05) is 26.2 Å². The fraction of sp³-hybridized carbons (Fsp3) is 0.632. The molecule has 0 bridgehead atoms. The average molecular weight is 331 g/mol. The quantitative estimate of drug-likeness (QED) is 0.716. The van der Waals surface area contributed by atoms with Crippen LogP contribution in [0, 0.1) is 0 Å². The molecular formula is C19H29N3O2. The van der Waals surface area contributed by atoms with Crippen LogP contribution in [0.15, 0.2) is 24.3 Å². The molecule has 3 rings (SSSR count). The first-order valence-electron chi connectivity index (χ1n) is 9.19. The highest BCUT2D eigenvalue weighted by molar-refractivity contribution is 5.73. The van der Waals surface area contributed by atoms with Crippen molar-refractivity contribution in [3.63, 3.8) is 0 Å². The SMILES string of the molecule is CCN(CCNC(=O)NCC1(O)CCCc2ccccc21)C1CC1. The molecular weight excluding hydrogens is 302 g/mol. The molecule has 5 heteroatoms. The molecule has 1 aromatic carbocycles. The van der Waals surface area contributed by atoms with Crippen molar-refractivity contribution < 1.29 is 9.90 Å². The lowest BCUT2D eigenvalue weighted by molar-refractivity contribution is 0.0217. The maximum absolute atomic E-state index is 12.0. The molecule has 0 saturated heterocycles. The molecule has 2 aliphatic carbocycles. The van der Waals surface area contributed by atoms with Crippen molar-refractivity contribution in [1.29, 1.82) is 0 Å². The summed E-state index contributed by atoms with van der Waals surface area (Å²) in [6, 6.07) is 8.52. The largest absolute Gasteiger partial charge is 0.383 e. The van der Waals surface area contributed by atoms with Gasteiger partial charge in [-0.1, -0.05) is 31.2 Å². The molecule has 1 aromatic rings. The molecule has 0 aromatic heterocycles. The molecule has 1 saturated carbocycles. The Morgan fingerprint density at radius 1 is 1.33 bits per heavy atom. The molecule has 0 radical (unpaired) electrons. The molecule has 0 spiro atoms. The third-order valence-electron chi connectivity index (χ3n) is 5.25. The van der Waals surface area contributed by atoms with E-state index in [0.29, 0.717) is 13.0 Å². The predicted molar refractivity (Wildman–Crippen MR) is 94.9 cm³/mol. The summed E-state index contributed by atoms with van der Waals surface area (Å²) in [5.74, 6) is 0. The normalized spacial score (nSPS) is 23.0. The summed E-state index contributed by atoms with van der Waals surface area (Å²) in [5.41, 5.74) is 1.20. The van der Waals surface area contributed by atoms with Crippen molar-refractivity contribution >= 4 is 6.03 Å². The number of hydrogen-bond acceptors (Lipinski definition) is 3. The molecule has 0 aliphatic heterocycles. The van der Waals surface area contributed by atoms with Crippen molar-refractivity contribution in [2.45, 2.75) is 50.7 Å². The van der Waals surface area contributed by atoms with Gasteiger partial charge in [-0.3, -0.25) is 4.90 Å². The van der Waals surface area contributed by atoms with Gasteiger partial charge in [0.05, 0.1) is 6.54 Å². The summed E-state index contributed by atoms with van der Waals surface area (Å²) in [7, 11) is 0. The molecule has 1 unspecified atom stereocenters. The number of amides is 2.